The summed E-state index contributed by atoms with van der Waals surface area (Å²) in [5, 5.41) is 24.3. The van der Waals surface area contributed by atoms with E-state index in [0.717, 1.165) is 0 Å². The summed E-state index contributed by atoms with van der Waals surface area (Å²) < 4.78 is 6.95. The molecule has 0 aliphatic carbocycles. The van der Waals surface area contributed by atoms with Gasteiger partial charge in [-0.15, -0.1) is 0 Å². The van der Waals surface area contributed by atoms with Crippen molar-refractivity contribution in [3.05, 3.63) is 45.1 Å². The molecule has 0 atom stereocenters. The summed E-state index contributed by atoms with van der Waals surface area (Å²) in [6, 6.07) is 6.77. The van der Waals surface area contributed by atoms with Gasteiger partial charge >= 0.3 is 5.69 Å². The monoisotopic (exact) mass is 272 g/mol. The van der Waals surface area contributed by atoms with E-state index in [-0.39, 0.29) is 22.9 Å². The summed E-state index contributed by atoms with van der Waals surface area (Å²) >= 11 is 0. The maximum Gasteiger partial charge on any atom is 0.314 e. The van der Waals surface area contributed by atoms with E-state index in [1.807, 2.05) is 6.07 Å². The van der Waals surface area contributed by atoms with Gasteiger partial charge in [0.1, 0.15) is 11.6 Å². The Bertz CT molecular complexity index is 728. The number of aromatic nitrogens is 2. The third-order valence-electron chi connectivity index (χ3n) is 2.87. The van der Waals surface area contributed by atoms with Gasteiger partial charge in [0, 0.05) is 12.6 Å². The smallest absolute Gasteiger partial charge is 0.314 e. The van der Waals surface area contributed by atoms with Crippen molar-refractivity contribution in [3.8, 4) is 17.7 Å². The highest BCUT2D eigenvalue weighted by molar-refractivity contribution is 5.54. The average molecular weight is 272 g/mol. The van der Waals surface area contributed by atoms with Crippen LogP contribution in [0.4, 0.5) is 5.69 Å². The third-order valence-corrected chi connectivity index (χ3v) is 2.87. The highest BCUT2D eigenvalue weighted by Crippen LogP contribution is 2.35. The molecule has 20 heavy (non-hydrogen) atoms. The number of nitriles is 1. The number of rotatable bonds is 3. The second kappa shape index (κ2) is 5.01. The fourth-order valence-electron chi connectivity index (χ4n) is 1.94. The fraction of sp³-hybridized carbons (Fsp3) is 0.231. The highest BCUT2D eigenvalue weighted by Gasteiger charge is 2.22. The zero-order valence-corrected chi connectivity index (χ0v) is 11.2. The minimum Gasteiger partial charge on any atom is -0.431 e. The molecule has 0 radical (unpaired) electrons. The van der Waals surface area contributed by atoms with E-state index in [2.05, 4.69) is 5.10 Å². The Morgan fingerprint density at radius 1 is 1.45 bits per heavy atom. The molecule has 1 heterocycles. The number of hydrogen-bond acceptors (Lipinski definition) is 5. The lowest BCUT2D eigenvalue weighted by atomic mass is 10.2. The van der Waals surface area contributed by atoms with E-state index >= 15 is 0 Å². The van der Waals surface area contributed by atoms with Crippen LogP contribution in [0.5, 0.6) is 11.6 Å². The van der Waals surface area contributed by atoms with Crippen LogP contribution in [-0.2, 0) is 7.05 Å². The molecule has 0 bridgehead atoms. The normalized spacial score (nSPS) is 10.1. The molecule has 2 rings (SSSR count). The molecule has 0 aliphatic heterocycles. The summed E-state index contributed by atoms with van der Waals surface area (Å²) in [5.41, 5.74) is 1.16. The molecule has 0 spiro atoms. The first-order valence-corrected chi connectivity index (χ1v) is 5.81. The predicted molar refractivity (Wildman–Crippen MR) is 70.6 cm³/mol. The van der Waals surface area contributed by atoms with Gasteiger partial charge in [0.25, 0.3) is 0 Å². The standard InChI is InChI=1S/C13H12N4O3/c1-8-5-4-6-11(12(8)17(18)19)20-13-10(7-14)9(2)15-16(13)3/h4-6H,1-3H3. The van der Waals surface area contributed by atoms with Gasteiger partial charge in [-0.25, -0.2) is 4.68 Å². The summed E-state index contributed by atoms with van der Waals surface area (Å²) in [5.74, 6) is 0.285. The summed E-state index contributed by atoms with van der Waals surface area (Å²) in [6.45, 7) is 3.31. The van der Waals surface area contributed by atoms with Gasteiger partial charge in [-0.05, 0) is 19.9 Å². The van der Waals surface area contributed by atoms with Crippen molar-refractivity contribution in [3.63, 3.8) is 0 Å². The number of ether oxygens (including phenoxy) is 1. The Morgan fingerprint density at radius 3 is 2.75 bits per heavy atom. The molecule has 0 aliphatic rings. The molecule has 0 fully saturated rings. The van der Waals surface area contributed by atoms with Crippen LogP contribution in [0.2, 0.25) is 0 Å². The van der Waals surface area contributed by atoms with Crippen LogP contribution in [0, 0.1) is 35.3 Å². The molecule has 7 heteroatoms. The van der Waals surface area contributed by atoms with E-state index in [0.29, 0.717) is 11.3 Å². The Hall–Kier alpha value is -2.88. The highest BCUT2D eigenvalue weighted by atomic mass is 16.6. The van der Waals surface area contributed by atoms with Crippen LogP contribution in [0.3, 0.4) is 0 Å². The fourth-order valence-corrected chi connectivity index (χ4v) is 1.94. The lowest BCUT2D eigenvalue weighted by Crippen LogP contribution is -2.00. The molecule has 0 saturated heterocycles. The SMILES string of the molecule is Cc1cccc(Oc2c(C#N)c(C)nn2C)c1[N+](=O)[O-]. The van der Waals surface area contributed by atoms with Crippen LogP contribution in [0.15, 0.2) is 18.2 Å². The van der Waals surface area contributed by atoms with Crippen molar-refractivity contribution in [1.29, 1.82) is 5.26 Å². The van der Waals surface area contributed by atoms with Gasteiger partial charge < -0.3 is 4.74 Å². The molecule has 102 valence electrons. The summed E-state index contributed by atoms with van der Waals surface area (Å²) in [6.07, 6.45) is 0. The number of aryl methyl sites for hydroxylation is 3. The van der Waals surface area contributed by atoms with Crippen LogP contribution in [0.25, 0.3) is 0 Å². The maximum absolute atomic E-state index is 11.1. The molecule has 1 aromatic heterocycles. The molecular formula is C13H12N4O3. The largest absolute Gasteiger partial charge is 0.431 e. The van der Waals surface area contributed by atoms with Crippen molar-refractivity contribution >= 4 is 5.69 Å². The molecule has 0 saturated carbocycles. The number of para-hydroxylation sites is 1. The van der Waals surface area contributed by atoms with Gasteiger partial charge in [0.15, 0.2) is 0 Å². The molecule has 0 N–H and O–H groups in total. The van der Waals surface area contributed by atoms with Crippen LogP contribution >= 0.6 is 0 Å². The van der Waals surface area contributed by atoms with E-state index < -0.39 is 4.92 Å². The average Bonchev–Trinajstić information content (AvgIpc) is 2.63. The van der Waals surface area contributed by atoms with Gasteiger partial charge in [0.2, 0.25) is 11.6 Å². The van der Waals surface area contributed by atoms with Gasteiger partial charge in [-0.2, -0.15) is 10.4 Å². The Labute approximate surface area is 115 Å². The van der Waals surface area contributed by atoms with Gasteiger partial charge in [-0.1, -0.05) is 12.1 Å². The second-order valence-corrected chi connectivity index (χ2v) is 4.28. The minimum atomic E-state index is -0.500. The first-order valence-electron chi connectivity index (χ1n) is 5.81. The Kier molecular flexibility index (Phi) is 3.39. The maximum atomic E-state index is 11.1. The van der Waals surface area contributed by atoms with Crippen LogP contribution in [-0.4, -0.2) is 14.7 Å². The lowest BCUT2D eigenvalue weighted by Gasteiger charge is -2.07. The third kappa shape index (κ3) is 2.19. The Balaban J connectivity index is 2.54. The zero-order chi connectivity index (χ0) is 14.9. The number of benzene rings is 1. The predicted octanol–water partition coefficient (Wildman–Crippen LogP) is 2.61. The molecule has 1 aromatic carbocycles. The second-order valence-electron chi connectivity index (χ2n) is 4.28. The quantitative estimate of drug-likeness (QED) is 0.632. The van der Waals surface area contributed by atoms with Gasteiger partial charge in [0.05, 0.1) is 10.6 Å². The summed E-state index contributed by atoms with van der Waals surface area (Å²) in [4.78, 5) is 10.6. The van der Waals surface area contributed by atoms with Crippen molar-refractivity contribution in [2.75, 3.05) is 0 Å². The Morgan fingerprint density at radius 2 is 2.15 bits per heavy atom. The minimum absolute atomic E-state index is 0.0921. The first-order chi connectivity index (χ1) is 9.45. The molecule has 7 nitrogen and oxygen atoms in total. The van der Waals surface area contributed by atoms with Crippen molar-refractivity contribution in [1.82, 2.24) is 9.78 Å². The van der Waals surface area contributed by atoms with Gasteiger partial charge in [-0.3, -0.25) is 10.1 Å². The van der Waals surface area contributed by atoms with Crippen LogP contribution in [0.1, 0.15) is 16.8 Å². The van der Waals surface area contributed by atoms with Crippen molar-refractivity contribution in [2.24, 2.45) is 7.05 Å². The number of nitro groups is 1. The van der Waals surface area contributed by atoms with E-state index in [9.17, 15) is 10.1 Å². The first kappa shape index (κ1) is 13.5. The van der Waals surface area contributed by atoms with E-state index in [1.165, 1.54) is 10.7 Å². The number of nitro benzene ring substituents is 1. The van der Waals surface area contributed by atoms with Crippen molar-refractivity contribution in [2.45, 2.75) is 13.8 Å². The topological polar surface area (TPSA) is 94.0 Å². The molecule has 0 amide bonds. The summed E-state index contributed by atoms with van der Waals surface area (Å²) in [7, 11) is 1.62. The van der Waals surface area contributed by atoms with Crippen molar-refractivity contribution < 1.29 is 9.66 Å². The van der Waals surface area contributed by atoms with E-state index in [4.69, 9.17) is 10.00 Å². The zero-order valence-electron chi connectivity index (χ0n) is 11.2. The van der Waals surface area contributed by atoms with Crippen LogP contribution < -0.4 is 4.74 Å². The molecule has 2 aromatic rings. The lowest BCUT2D eigenvalue weighted by molar-refractivity contribution is -0.386. The number of hydrogen-bond donors (Lipinski definition) is 0. The number of nitrogens with zero attached hydrogens (tertiary/aromatic N) is 4. The van der Waals surface area contributed by atoms with E-state index in [1.54, 1.807) is 33.0 Å². The molecular weight excluding hydrogens is 260 g/mol. The molecule has 0 unspecified atom stereocenters.